The van der Waals surface area contributed by atoms with Crippen molar-refractivity contribution in [1.29, 1.82) is 0 Å². The third-order valence-electron chi connectivity index (χ3n) is 3.64. The molecule has 1 aliphatic carbocycles. The van der Waals surface area contributed by atoms with E-state index in [2.05, 4.69) is 18.7 Å². The van der Waals surface area contributed by atoms with Crippen LogP contribution in [0.15, 0.2) is 0 Å². The highest BCUT2D eigenvalue weighted by atomic mass is 16.5. The molecule has 0 aromatic rings. The summed E-state index contributed by atoms with van der Waals surface area (Å²) in [5.74, 6) is 1.41. The van der Waals surface area contributed by atoms with Crippen LogP contribution in [-0.2, 0) is 9.53 Å². The van der Waals surface area contributed by atoms with E-state index in [1.54, 1.807) is 0 Å². The lowest BCUT2D eigenvalue weighted by Crippen LogP contribution is -2.42. The molecule has 2 fully saturated rings. The highest BCUT2D eigenvalue weighted by molar-refractivity contribution is 5.82. The van der Waals surface area contributed by atoms with Gasteiger partial charge in [0.25, 0.3) is 0 Å². The number of carbonyl (C=O) groups excluding carboxylic acids is 1. The quantitative estimate of drug-likeness (QED) is 0.713. The molecule has 2 rings (SSSR count). The van der Waals surface area contributed by atoms with Crippen molar-refractivity contribution < 1.29 is 9.53 Å². The number of Topliss-reactive ketones (excluding diaryl/α,β-unsaturated/α-hetero) is 1. The van der Waals surface area contributed by atoms with Crippen LogP contribution in [0.4, 0.5) is 0 Å². The average Bonchev–Trinajstić information content (AvgIpc) is 3.04. The Morgan fingerprint density at radius 2 is 2.12 bits per heavy atom. The van der Waals surface area contributed by atoms with Crippen LogP contribution in [0, 0.1) is 11.8 Å². The molecule has 0 N–H and O–H groups in total. The Bertz CT molecular complexity index is 248. The van der Waals surface area contributed by atoms with Gasteiger partial charge in [-0.1, -0.05) is 0 Å². The number of hydrogen-bond acceptors (Lipinski definition) is 3. The maximum Gasteiger partial charge on any atom is 0.141 e. The minimum atomic E-state index is 0.120. The molecule has 1 atom stereocenters. The lowest BCUT2D eigenvalue weighted by Gasteiger charge is -2.31. The molecule has 0 aromatic carbocycles. The van der Waals surface area contributed by atoms with Crippen LogP contribution in [0.2, 0.25) is 0 Å². The van der Waals surface area contributed by atoms with E-state index in [1.165, 1.54) is 19.4 Å². The van der Waals surface area contributed by atoms with E-state index < -0.39 is 0 Å². The van der Waals surface area contributed by atoms with Crippen LogP contribution in [-0.4, -0.2) is 43.0 Å². The third-order valence-corrected chi connectivity index (χ3v) is 3.64. The Labute approximate surface area is 98.1 Å². The molecule has 0 bridgehead atoms. The fourth-order valence-corrected chi connectivity index (χ4v) is 2.26. The number of ketones is 1. The zero-order valence-electron chi connectivity index (χ0n) is 10.4. The molecule has 1 saturated carbocycles. The summed E-state index contributed by atoms with van der Waals surface area (Å²) in [5, 5.41) is 0. The topological polar surface area (TPSA) is 29.5 Å². The fourth-order valence-electron chi connectivity index (χ4n) is 2.26. The van der Waals surface area contributed by atoms with Crippen molar-refractivity contribution in [2.45, 2.75) is 39.2 Å². The van der Waals surface area contributed by atoms with E-state index in [1.807, 2.05) is 0 Å². The number of rotatable bonds is 5. The van der Waals surface area contributed by atoms with Gasteiger partial charge in [-0.25, -0.2) is 0 Å². The molecule has 1 aliphatic heterocycles. The zero-order valence-corrected chi connectivity index (χ0v) is 10.4. The highest BCUT2D eigenvalue weighted by Gasteiger charge is 2.30. The van der Waals surface area contributed by atoms with Crippen molar-refractivity contribution in [3.8, 4) is 0 Å². The van der Waals surface area contributed by atoms with Gasteiger partial charge in [-0.2, -0.15) is 0 Å². The lowest BCUT2D eigenvalue weighted by atomic mass is 9.99. The first-order valence-corrected chi connectivity index (χ1v) is 6.51. The fraction of sp³-hybridized carbons (Fsp3) is 0.923. The Hall–Kier alpha value is -0.410. The maximum absolute atomic E-state index is 11.7. The van der Waals surface area contributed by atoms with Crippen molar-refractivity contribution in [2.75, 3.05) is 26.3 Å². The summed E-state index contributed by atoms with van der Waals surface area (Å²) in [6.07, 6.45) is 3.36. The summed E-state index contributed by atoms with van der Waals surface area (Å²) in [6.45, 7) is 7.76. The Morgan fingerprint density at radius 3 is 2.69 bits per heavy atom. The van der Waals surface area contributed by atoms with Crippen LogP contribution >= 0.6 is 0 Å². The predicted octanol–water partition coefficient (Wildman–Crippen LogP) is 1.71. The van der Waals surface area contributed by atoms with Gasteiger partial charge in [-0.3, -0.25) is 9.69 Å². The minimum Gasteiger partial charge on any atom is -0.380 e. The third kappa shape index (κ3) is 3.29. The average molecular weight is 225 g/mol. The van der Waals surface area contributed by atoms with Crippen molar-refractivity contribution in [3.05, 3.63) is 0 Å². The Morgan fingerprint density at radius 1 is 1.38 bits per heavy atom. The van der Waals surface area contributed by atoms with Crippen LogP contribution < -0.4 is 0 Å². The van der Waals surface area contributed by atoms with Crippen LogP contribution in [0.1, 0.15) is 33.1 Å². The summed E-state index contributed by atoms with van der Waals surface area (Å²) >= 11 is 0. The number of carbonyl (C=O) groups is 1. The molecule has 92 valence electrons. The summed E-state index contributed by atoms with van der Waals surface area (Å²) in [4.78, 5) is 14.2. The molecule has 0 spiro atoms. The Balaban J connectivity index is 1.85. The van der Waals surface area contributed by atoms with E-state index in [9.17, 15) is 4.79 Å². The van der Waals surface area contributed by atoms with Gasteiger partial charge in [0, 0.05) is 25.6 Å². The van der Waals surface area contributed by atoms with E-state index in [0.29, 0.717) is 31.5 Å². The lowest BCUT2D eigenvalue weighted by molar-refractivity contribution is -0.131. The molecule has 3 nitrogen and oxygen atoms in total. The molecule has 0 amide bonds. The second-order valence-electron chi connectivity index (χ2n) is 5.48. The van der Waals surface area contributed by atoms with E-state index in [-0.39, 0.29) is 5.92 Å². The molecule has 3 heteroatoms. The standard InChI is InChI=1S/C13H23NO2/c1-10(2)14(7-11-3-4-11)8-12-9-16-6-5-13(12)15/h10-12H,3-9H2,1-2H3. The molecule has 1 heterocycles. The smallest absolute Gasteiger partial charge is 0.141 e. The summed E-state index contributed by atoms with van der Waals surface area (Å²) in [5.41, 5.74) is 0. The van der Waals surface area contributed by atoms with E-state index in [4.69, 9.17) is 4.74 Å². The van der Waals surface area contributed by atoms with Gasteiger partial charge in [-0.15, -0.1) is 0 Å². The summed E-state index contributed by atoms with van der Waals surface area (Å²) in [6, 6.07) is 0.537. The van der Waals surface area contributed by atoms with E-state index in [0.717, 1.165) is 12.5 Å². The van der Waals surface area contributed by atoms with Crippen LogP contribution in [0.25, 0.3) is 0 Å². The van der Waals surface area contributed by atoms with Gasteiger partial charge in [0.05, 0.1) is 19.1 Å². The van der Waals surface area contributed by atoms with Crippen molar-refractivity contribution in [1.82, 2.24) is 4.90 Å². The molecule has 0 aromatic heterocycles. The maximum atomic E-state index is 11.7. The van der Waals surface area contributed by atoms with Crippen LogP contribution in [0.3, 0.4) is 0 Å². The van der Waals surface area contributed by atoms with Crippen LogP contribution in [0.5, 0.6) is 0 Å². The molecule has 2 aliphatic rings. The van der Waals surface area contributed by atoms with Gasteiger partial charge in [-0.05, 0) is 32.6 Å². The SMILES string of the molecule is CC(C)N(CC1CC1)CC1COCCC1=O. The molecular formula is C13H23NO2. The minimum absolute atomic E-state index is 0.120. The van der Waals surface area contributed by atoms with Gasteiger partial charge < -0.3 is 4.74 Å². The molecular weight excluding hydrogens is 202 g/mol. The van der Waals surface area contributed by atoms with Crippen molar-refractivity contribution >= 4 is 5.78 Å². The normalized spacial score (nSPS) is 26.8. The number of hydrogen-bond donors (Lipinski definition) is 0. The number of nitrogens with zero attached hydrogens (tertiary/aromatic N) is 1. The molecule has 16 heavy (non-hydrogen) atoms. The van der Waals surface area contributed by atoms with Gasteiger partial charge in [0.1, 0.15) is 5.78 Å². The second kappa shape index (κ2) is 5.28. The monoisotopic (exact) mass is 225 g/mol. The Kier molecular flexibility index (Phi) is 3.98. The van der Waals surface area contributed by atoms with Crippen molar-refractivity contribution in [2.24, 2.45) is 11.8 Å². The van der Waals surface area contributed by atoms with E-state index >= 15 is 0 Å². The first-order chi connectivity index (χ1) is 7.66. The van der Waals surface area contributed by atoms with Gasteiger partial charge in [0.15, 0.2) is 0 Å². The molecule has 0 radical (unpaired) electrons. The predicted molar refractivity (Wildman–Crippen MR) is 63.4 cm³/mol. The molecule has 1 unspecified atom stereocenters. The summed E-state index contributed by atoms with van der Waals surface area (Å²) < 4.78 is 5.41. The largest absolute Gasteiger partial charge is 0.380 e. The second-order valence-corrected chi connectivity index (χ2v) is 5.48. The summed E-state index contributed by atoms with van der Waals surface area (Å²) in [7, 11) is 0. The van der Waals surface area contributed by atoms with Gasteiger partial charge in [0.2, 0.25) is 0 Å². The first-order valence-electron chi connectivity index (χ1n) is 6.51. The molecule has 1 saturated heterocycles. The first kappa shape index (κ1) is 12.1. The van der Waals surface area contributed by atoms with Crippen molar-refractivity contribution in [3.63, 3.8) is 0 Å². The highest BCUT2D eigenvalue weighted by Crippen LogP contribution is 2.30. The van der Waals surface area contributed by atoms with Gasteiger partial charge >= 0.3 is 0 Å². The number of ether oxygens (including phenoxy) is 1. The zero-order chi connectivity index (χ0) is 11.5.